The van der Waals surface area contributed by atoms with E-state index in [1.54, 1.807) is 60.8 Å². The molecular weight excluding hydrogens is 470 g/mol. The van der Waals surface area contributed by atoms with Crippen LogP contribution in [0.3, 0.4) is 0 Å². The van der Waals surface area contributed by atoms with Crippen LogP contribution < -0.4 is 14.2 Å². The summed E-state index contributed by atoms with van der Waals surface area (Å²) < 4.78 is 14.5. The van der Waals surface area contributed by atoms with Gasteiger partial charge in [-0.25, -0.2) is 19.7 Å². The number of rotatable bonds is 5. The van der Waals surface area contributed by atoms with E-state index >= 15 is 0 Å². The van der Waals surface area contributed by atoms with E-state index in [0.717, 1.165) is 6.42 Å². The van der Waals surface area contributed by atoms with E-state index in [9.17, 15) is 9.59 Å². The van der Waals surface area contributed by atoms with Gasteiger partial charge in [-0.3, -0.25) is 4.79 Å². The molecule has 0 atom stereocenters. The van der Waals surface area contributed by atoms with E-state index in [1.807, 2.05) is 6.92 Å². The molecular formula is C29H44N3O5+. The van der Waals surface area contributed by atoms with E-state index in [2.05, 4.69) is 56.5 Å². The van der Waals surface area contributed by atoms with Crippen LogP contribution >= 0.6 is 0 Å². The van der Waals surface area contributed by atoms with E-state index in [-0.39, 0.29) is 19.2 Å². The zero-order valence-corrected chi connectivity index (χ0v) is 23.3. The van der Waals surface area contributed by atoms with Crippen LogP contribution in [0.4, 0.5) is 4.79 Å². The average Bonchev–Trinajstić information content (AvgIpc) is 2.88. The molecule has 0 aliphatic carbocycles. The molecule has 0 spiro atoms. The van der Waals surface area contributed by atoms with Crippen LogP contribution in [0.15, 0.2) is 73.2 Å². The Morgan fingerprint density at radius 1 is 0.595 bits per heavy atom. The van der Waals surface area contributed by atoms with Gasteiger partial charge in [0.2, 0.25) is 17.6 Å². The fourth-order valence-corrected chi connectivity index (χ4v) is 1.79. The Morgan fingerprint density at radius 2 is 0.919 bits per heavy atom. The molecule has 0 saturated carbocycles. The smallest absolute Gasteiger partial charge is 0.407 e. The largest absolute Gasteiger partial charge is 1.00 e. The molecule has 0 N–H and O–H groups in total. The third-order valence-electron chi connectivity index (χ3n) is 2.96. The van der Waals surface area contributed by atoms with E-state index in [1.165, 1.54) is 31.7 Å². The maximum Gasteiger partial charge on any atom is 1.00 e. The van der Waals surface area contributed by atoms with Crippen LogP contribution in [-0.4, -0.2) is 27.1 Å². The molecule has 0 aliphatic rings. The van der Waals surface area contributed by atoms with Gasteiger partial charge in [0.1, 0.15) is 0 Å². The molecule has 0 bridgehead atoms. The highest BCUT2D eigenvalue weighted by molar-refractivity contribution is 5.71. The predicted molar refractivity (Wildman–Crippen MR) is 149 cm³/mol. The predicted octanol–water partition coefficient (Wildman–Crippen LogP) is 8.20. The SMILES string of the molecule is CCC.CCC.CCC.CCCC(=O)Oc1ccccn1.O=C(Oc1ccccn1)Oc1ccccn1.[H+]. The van der Waals surface area contributed by atoms with Gasteiger partial charge in [-0.1, -0.05) is 85.9 Å². The van der Waals surface area contributed by atoms with Gasteiger partial charge in [0.15, 0.2) is 0 Å². The third kappa shape index (κ3) is 23.7. The van der Waals surface area contributed by atoms with Gasteiger partial charge in [-0.05, 0) is 24.6 Å². The van der Waals surface area contributed by atoms with Crippen molar-refractivity contribution in [2.45, 2.75) is 80.6 Å². The molecule has 3 aromatic rings. The Balaban J connectivity index is -0.000000492. The maximum absolute atomic E-state index is 11.3. The summed E-state index contributed by atoms with van der Waals surface area (Å²) in [6, 6.07) is 15.2. The van der Waals surface area contributed by atoms with E-state index in [0.29, 0.717) is 12.3 Å². The molecule has 0 radical (unpaired) electrons. The minimum Gasteiger partial charge on any atom is -0.407 e. The van der Waals surface area contributed by atoms with Crippen molar-refractivity contribution in [3.63, 3.8) is 0 Å². The number of aromatic nitrogens is 3. The van der Waals surface area contributed by atoms with Crippen LogP contribution in [0, 0.1) is 0 Å². The molecule has 3 rings (SSSR count). The Bertz CT molecular complexity index is 854. The van der Waals surface area contributed by atoms with Gasteiger partial charge >= 0.3 is 13.6 Å². The second-order valence-electron chi connectivity index (χ2n) is 7.30. The molecule has 37 heavy (non-hydrogen) atoms. The van der Waals surface area contributed by atoms with Crippen LogP contribution in [0.25, 0.3) is 0 Å². The van der Waals surface area contributed by atoms with Crippen molar-refractivity contribution in [3.05, 3.63) is 73.2 Å². The first-order chi connectivity index (χ1) is 17.9. The fraction of sp³-hybridized carbons (Fsp3) is 0.414. The standard InChI is InChI=1S/C11H8N2O3.C9H11NO2.3C3H8/c14-11(15-9-5-1-3-7-12-9)16-10-6-2-4-8-13-10;1-2-5-9(11)12-8-6-3-4-7-10-8;3*1-3-2/h1-8H;3-4,6-7H,2,5H2,1H3;3*3H2,1-2H3/p+1. The van der Waals surface area contributed by atoms with E-state index in [4.69, 9.17) is 14.2 Å². The maximum atomic E-state index is 11.3. The van der Waals surface area contributed by atoms with Crippen LogP contribution in [0.2, 0.25) is 0 Å². The normalized spacial score (nSPS) is 8.62. The van der Waals surface area contributed by atoms with Crippen LogP contribution in [-0.2, 0) is 4.79 Å². The summed E-state index contributed by atoms with van der Waals surface area (Å²) in [5, 5.41) is 0. The molecule has 0 amide bonds. The third-order valence-corrected chi connectivity index (χ3v) is 2.96. The fourth-order valence-electron chi connectivity index (χ4n) is 1.79. The van der Waals surface area contributed by atoms with Gasteiger partial charge in [-0.15, -0.1) is 0 Å². The van der Waals surface area contributed by atoms with E-state index < -0.39 is 6.16 Å². The van der Waals surface area contributed by atoms with Crippen LogP contribution in [0.5, 0.6) is 17.6 Å². The lowest BCUT2D eigenvalue weighted by Crippen LogP contribution is -2.14. The molecule has 0 fully saturated rings. The van der Waals surface area contributed by atoms with Crippen molar-refractivity contribution < 1.29 is 25.2 Å². The van der Waals surface area contributed by atoms with Gasteiger partial charge in [0.25, 0.3) is 0 Å². The van der Waals surface area contributed by atoms with Crippen molar-refractivity contribution in [2.75, 3.05) is 0 Å². The summed E-state index contributed by atoms with van der Waals surface area (Å²) in [7, 11) is 0. The number of carbonyl (C=O) groups is 2. The Kier molecular flexibility index (Phi) is 25.6. The number of carbonyl (C=O) groups excluding carboxylic acids is 2. The number of nitrogens with zero attached hydrogens (tertiary/aromatic N) is 3. The van der Waals surface area contributed by atoms with Gasteiger partial charge in [0.05, 0.1) is 0 Å². The lowest BCUT2D eigenvalue weighted by Gasteiger charge is -2.02. The second-order valence-corrected chi connectivity index (χ2v) is 7.30. The molecule has 3 aromatic heterocycles. The second kappa shape index (κ2) is 26.8. The lowest BCUT2D eigenvalue weighted by atomic mass is 10.3. The zero-order valence-electron chi connectivity index (χ0n) is 24.3. The minimum atomic E-state index is -0.864. The highest BCUT2D eigenvalue weighted by atomic mass is 16.7. The summed E-state index contributed by atoms with van der Waals surface area (Å²) in [4.78, 5) is 33.7. The number of hydrogen-bond donors (Lipinski definition) is 0. The van der Waals surface area contributed by atoms with Crippen molar-refractivity contribution in [1.82, 2.24) is 15.0 Å². The summed E-state index contributed by atoms with van der Waals surface area (Å²) in [6.07, 6.45) is 8.75. The first kappa shape index (κ1) is 35.4. The highest BCUT2D eigenvalue weighted by Crippen LogP contribution is 2.08. The minimum absolute atomic E-state index is 0. The first-order valence-corrected chi connectivity index (χ1v) is 12.7. The molecule has 8 nitrogen and oxygen atoms in total. The summed E-state index contributed by atoms with van der Waals surface area (Å²) in [6.45, 7) is 14.7. The average molecular weight is 515 g/mol. The van der Waals surface area contributed by atoms with Crippen molar-refractivity contribution in [2.24, 2.45) is 0 Å². The zero-order chi connectivity index (χ0) is 28.2. The van der Waals surface area contributed by atoms with Gasteiger partial charge in [0, 0.05) is 43.2 Å². The summed E-state index contributed by atoms with van der Waals surface area (Å²) >= 11 is 0. The number of ether oxygens (including phenoxy) is 3. The highest BCUT2D eigenvalue weighted by Gasteiger charge is 2.08. The van der Waals surface area contributed by atoms with Crippen LogP contribution in [0.1, 0.15) is 82.0 Å². The summed E-state index contributed by atoms with van der Waals surface area (Å²) in [5.41, 5.74) is 0. The Labute approximate surface area is 223 Å². The Morgan fingerprint density at radius 3 is 1.19 bits per heavy atom. The number of hydrogen-bond acceptors (Lipinski definition) is 8. The molecule has 3 heterocycles. The topological polar surface area (TPSA) is 100 Å². The van der Waals surface area contributed by atoms with Gasteiger partial charge < -0.3 is 14.2 Å². The molecule has 8 heteroatoms. The molecule has 0 unspecified atom stereocenters. The molecule has 0 saturated heterocycles. The molecule has 204 valence electrons. The molecule has 0 aromatic carbocycles. The lowest BCUT2D eigenvalue weighted by molar-refractivity contribution is -0.134. The summed E-state index contributed by atoms with van der Waals surface area (Å²) in [5.74, 6) is 0.513. The van der Waals surface area contributed by atoms with Gasteiger partial charge in [-0.2, -0.15) is 0 Å². The quantitative estimate of drug-likeness (QED) is 0.314. The first-order valence-electron chi connectivity index (χ1n) is 12.7. The number of pyridine rings is 3. The van der Waals surface area contributed by atoms with Crippen molar-refractivity contribution in [3.8, 4) is 17.6 Å². The van der Waals surface area contributed by atoms with Crippen molar-refractivity contribution >= 4 is 12.1 Å². The van der Waals surface area contributed by atoms with Crippen molar-refractivity contribution in [1.29, 1.82) is 0 Å². The number of esters is 1. The monoisotopic (exact) mass is 514 g/mol. The Hall–Kier alpha value is -3.81. The molecule has 0 aliphatic heterocycles.